The molecule has 1 aliphatic rings. The van der Waals surface area contributed by atoms with Crippen LogP contribution in [0.2, 0.25) is 0 Å². The predicted molar refractivity (Wildman–Crippen MR) is 80.0 cm³/mol. The van der Waals surface area contributed by atoms with Crippen LogP contribution in [0.5, 0.6) is 0 Å². The Bertz CT molecular complexity index is 815. The number of rotatable bonds is 2. The number of aryl methyl sites for hydroxylation is 2. The fourth-order valence-electron chi connectivity index (χ4n) is 2.72. The van der Waals surface area contributed by atoms with Gasteiger partial charge in [-0.05, 0) is 44.0 Å². The summed E-state index contributed by atoms with van der Waals surface area (Å²) in [6.45, 7) is 1.62. The molecule has 1 aliphatic carbocycles. The molecule has 5 nitrogen and oxygen atoms in total. The summed E-state index contributed by atoms with van der Waals surface area (Å²) in [5, 5.41) is 0.687. The Morgan fingerprint density at radius 2 is 2.25 bits per heavy atom. The number of aromatic nitrogens is 2. The fraction of sp³-hybridized carbons (Fsp3) is 0.462. The third-order valence-corrected chi connectivity index (χ3v) is 5.23. The number of fused-ring (bicyclic) bond motifs is 3. The number of methoxy groups -OCH3 is 1. The first-order valence-electron chi connectivity index (χ1n) is 6.41. The van der Waals surface area contributed by atoms with E-state index in [4.69, 9.17) is 17.0 Å². The summed E-state index contributed by atoms with van der Waals surface area (Å²) in [6, 6.07) is -0.724. The van der Waals surface area contributed by atoms with E-state index in [1.54, 1.807) is 18.3 Å². The Labute approximate surface area is 124 Å². The number of aromatic amines is 1. The topological polar surface area (TPSA) is 64.1 Å². The normalized spacial score (nSPS) is 15.3. The number of hydrogen-bond donors (Lipinski definition) is 1. The van der Waals surface area contributed by atoms with E-state index in [1.807, 2.05) is 0 Å². The first-order chi connectivity index (χ1) is 9.54. The van der Waals surface area contributed by atoms with E-state index in [9.17, 15) is 9.59 Å². The van der Waals surface area contributed by atoms with Gasteiger partial charge in [-0.2, -0.15) is 0 Å². The van der Waals surface area contributed by atoms with Gasteiger partial charge in [0.25, 0.3) is 5.56 Å². The first-order valence-corrected chi connectivity index (χ1v) is 7.64. The lowest BCUT2D eigenvalue weighted by Gasteiger charge is -2.13. The van der Waals surface area contributed by atoms with Crippen LogP contribution in [0.25, 0.3) is 10.2 Å². The van der Waals surface area contributed by atoms with Crippen LogP contribution in [0, 0.1) is 4.77 Å². The second-order valence-corrected chi connectivity index (χ2v) is 6.36. The molecule has 0 aliphatic heterocycles. The number of H-pyrrole nitrogens is 1. The van der Waals surface area contributed by atoms with Crippen LogP contribution in [-0.2, 0) is 22.4 Å². The Morgan fingerprint density at radius 3 is 2.95 bits per heavy atom. The van der Waals surface area contributed by atoms with Gasteiger partial charge in [0.2, 0.25) is 0 Å². The highest BCUT2D eigenvalue weighted by atomic mass is 32.1. The molecule has 0 amide bonds. The SMILES string of the molecule is COC(=O)C(C)n1c(=S)[nH]c2sc3c(c2c1=O)CCC3. The molecule has 0 bridgehead atoms. The Hall–Kier alpha value is -1.47. The molecule has 2 aromatic rings. The minimum atomic E-state index is -0.724. The second kappa shape index (κ2) is 4.82. The van der Waals surface area contributed by atoms with E-state index in [0.29, 0.717) is 5.39 Å². The molecule has 0 aromatic carbocycles. The van der Waals surface area contributed by atoms with Gasteiger partial charge < -0.3 is 9.72 Å². The van der Waals surface area contributed by atoms with Crippen LogP contribution in [0.4, 0.5) is 0 Å². The number of nitrogens with zero attached hydrogens (tertiary/aromatic N) is 1. The highest BCUT2D eigenvalue weighted by molar-refractivity contribution is 7.71. The van der Waals surface area contributed by atoms with Crippen LogP contribution in [0.3, 0.4) is 0 Å². The van der Waals surface area contributed by atoms with Gasteiger partial charge in [0.15, 0.2) is 4.77 Å². The maximum Gasteiger partial charge on any atom is 0.328 e. The number of carbonyl (C=O) groups excluding carboxylic acids is 1. The maximum absolute atomic E-state index is 12.7. The molecule has 20 heavy (non-hydrogen) atoms. The average Bonchev–Trinajstić information content (AvgIpc) is 2.97. The fourth-order valence-corrected chi connectivity index (χ4v) is 4.40. The average molecular weight is 310 g/mol. The van der Waals surface area contributed by atoms with Crippen molar-refractivity contribution in [2.75, 3.05) is 7.11 Å². The van der Waals surface area contributed by atoms with Crippen LogP contribution in [0.1, 0.15) is 29.8 Å². The molecule has 1 N–H and O–H groups in total. The lowest BCUT2D eigenvalue weighted by Crippen LogP contribution is -2.30. The van der Waals surface area contributed by atoms with Gasteiger partial charge in [0.1, 0.15) is 10.9 Å². The van der Waals surface area contributed by atoms with Gasteiger partial charge in [-0.25, -0.2) is 4.79 Å². The van der Waals surface area contributed by atoms with Gasteiger partial charge in [-0.15, -0.1) is 11.3 Å². The summed E-state index contributed by atoms with van der Waals surface area (Å²) in [7, 11) is 1.30. The smallest absolute Gasteiger partial charge is 0.328 e. The van der Waals surface area contributed by atoms with E-state index in [2.05, 4.69) is 4.98 Å². The van der Waals surface area contributed by atoms with Gasteiger partial charge >= 0.3 is 5.97 Å². The van der Waals surface area contributed by atoms with Gasteiger partial charge in [-0.1, -0.05) is 0 Å². The summed E-state index contributed by atoms with van der Waals surface area (Å²) in [4.78, 5) is 29.5. The Morgan fingerprint density at radius 1 is 1.50 bits per heavy atom. The number of ether oxygens (including phenoxy) is 1. The highest BCUT2D eigenvalue weighted by Gasteiger charge is 2.24. The lowest BCUT2D eigenvalue weighted by atomic mass is 10.2. The predicted octanol–water partition coefficient (Wildman–Crippen LogP) is 2.34. The number of esters is 1. The maximum atomic E-state index is 12.7. The molecule has 0 radical (unpaired) electrons. The zero-order valence-corrected chi connectivity index (χ0v) is 12.8. The van der Waals surface area contributed by atoms with Crippen LogP contribution in [0.15, 0.2) is 4.79 Å². The zero-order valence-electron chi connectivity index (χ0n) is 11.2. The molecule has 2 aromatic heterocycles. The summed E-state index contributed by atoms with van der Waals surface area (Å²) in [5.74, 6) is -0.474. The molecule has 0 spiro atoms. The number of carbonyl (C=O) groups is 1. The molecule has 1 unspecified atom stereocenters. The van der Waals surface area contributed by atoms with Gasteiger partial charge in [0, 0.05) is 4.88 Å². The van der Waals surface area contributed by atoms with E-state index in [0.717, 1.165) is 29.7 Å². The molecule has 106 valence electrons. The van der Waals surface area contributed by atoms with Crippen molar-refractivity contribution in [2.24, 2.45) is 0 Å². The van der Waals surface area contributed by atoms with Crippen LogP contribution >= 0.6 is 23.6 Å². The molecular weight excluding hydrogens is 296 g/mol. The third kappa shape index (κ3) is 1.84. The summed E-state index contributed by atoms with van der Waals surface area (Å²) in [6.07, 6.45) is 3.02. The third-order valence-electron chi connectivity index (χ3n) is 3.72. The van der Waals surface area contributed by atoms with Gasteiger partial charge in [0.05, 0.1) is 12.5 Å². The molecule has 0 fully saturated rings. The summed E-state index contributed by atoms with van der Waals surface area (Å²) in [5.41, 5.74) is 0.924. The molecule has 0 saturated carbocycles. The van der Waals surface area contributed by atoms with E-state index in [-0.39, 0.29) is 10.3 Å². The van der Waals surface area contributed by atoms with E-state index >= 15 is 0 Å². The van der Waals surface area contributed by atoms with Crippen LogP contribution < -0.4 is 5.56 Å². The molecule has 7 heteroatoms. The monoisotopic (exact) mass is 310 g/mol. The van der Waals surface area contributed by atoms with E-state index in [1.165, 1.54) is 16.6 Å². The first kappa shape index (κ1) is 13.5. The zero-order chi connectivity index (χ0) is 14.4. The van der Waals surface area contributed by atoms with Crippen molar-refractivity contribution in [3.05, 3.63) is 25.6 Å². The molecule has 2 heterocycles. The Balaban J connectivity index is 2.31. The Kier molecular flexibility index (Phi) is 3.25. The van der Waals surface area contributed by atoms with Crippen molar-refractivity contribution < 1.29 is 9.53 Å². The highest BCUT2D eigenvalue weighted by Crippen LogP contribution is 2.34. The summed E-state index contributed by atoms with van der Waals surface area (Å²) < 4.78 is 6.28. The molecule has 3 rings (SSSR count). The number of thiophene rings is 1. The minimum absolute atomic E-state index is 0.193. The minimum Gasteiger partial charge on any atom is -0.467 e. The van der Waals surface area contributed by atoms with Crippen molar-refractivity contribution in [1.29, 1.82) is 0 Å². The second-order valence-electron chi connectivity index (χ2n) is 4.87. The number of hydrogen-bond acceptors (Lipinski definition) is 5. The molecule has 0 saturated heterocycles. The molecule has 1 atom stereocenters. The molecular formula is C13H14N2O3S2. The quantitative estimate of drug-likeness (QED) is 0.683. The van der Waals surface area contributed by atoms with Crippen molar-refractivity contribution in [1.82, 2.24) is 9.55 Å². The van der Waals surface area contributed by atoms with Crippen LogP contribution in [-0.4, -0.2) is 22.6 Å². The lowest BCUT2D eigenvalue weighted by molar-refractivity contribution is -0.144. The van der Waals surface area contributed by atoms with Crippen molar-refractivity contribution in [3.8, 4) is 0 Å². The van der Waals surface area contributed by atoms with Gasteiger partial charge in [-0.3, -0.25) is 9.36 Å². The van der Waals surface area contributed by atoms with Crippen molar-refractivity contribution in [3.63, 3.8) is 0 Å². The van der Waals surface area contributed by atoms with Crippen molar-refractivity contribution >= 4 is 39.7 Å². The largest absolute Gasteiger partial charge is 0.467 e. The summed E-state index contributed by atoms with van der Waals surface area (Å²) >= 11 is 6.82. The van der Waals surface area contributed by atoms with Crippen molar-refractivity contribution in [2.45, 2.75) is 32.2 Å². The standard InChI is InChI=1S/C13H14N2O3S2/c1-6(12(17)18-2)15-11(16)9-7-4-3-5-8(7)20-10(9)14-13(15)19/h6H,3-5H2,1-2H3,(H,14,19). The number of nitrogens with one attached hydrogen (secondary N) is 1. The van der Waals surface area contributed by atoms with E-state index < -0.39 is 12.0 Å².